The number of rotatable bonds is 7. The molecule has 0 bridgehead atoms. The van der Waals surface area contributed by atoms with Gasteiger partial charge >= 0.3 is 0 Å². The number of carbonyl (C=O) groups excluding carboxylic acids is 1. The van der Waals surface area contributed by atoms with Gasteiger partial charge in [0.1, 0.15) is 0 Å². The minimum absolute atomic E-state index is 0.0702. The number of sulfonamides is 1. The van der Waals surface area contributed by atoms with Gasteiger partial charge in [-0.15, -0.1) is 0 Å². The van der Waals surface area contributed by atoms with E-state index in [-0.39, 0.29) is 11.8 Å². The number of nitrogens with zero attached hydrogens (tertiary/aromatic N) is 1. The number of unbranched alkanes of at least 4 members (excludes halogenated alkanes) is 2. The van der Waals surface area contributed by atoms with Crippen LogP contribution in [0.15, 0.2) is 17.0 Å². The summed E-state index contributed by atoms with van der Waals surface area (Å²) >= 11 is 0. The second-order valence-electron chi connectivity index (χ2n) is 7.40. The summed E-state index contributed by atoms with van der Waals surface area (Å²) in [6.07, 6.45) is 4.42. The van der Waals surface area contributed by atoms with Gasteiger partial charge in [-0.25, -0.2) is 8.42 Å². The van der Waals surface area contributed by atoms with Crippen LogP contribution < -0.4 is 5.32 Å². The molecule has 6 heteroatoms. The van der Waals surface area contributed by atoms with E-state index in [0.717, 1.165) is 36.0 Å². The van der Waals surface area contributed by atoms with Gasteiger partial charge in [-0.2, -0.15) is 4.31 Å². The third kappa shape index (κ3) is 4.86. The van der Waals surface area contributed by atoms with Crippen LogP contribution in [0.25, 0.3) is 0 Å². The van der Waals surface area contributed by atoms with Crippen molar-refractivity contribution in [1.29, 1.82) is 0 Å². The lowest BCUT2D eigenvalue weighted by atomic mass is 9.97. The molecule has 0 spiro atoms. The number of aryl methyl sites for hydroxylation is 3. The predicted octanol–water partition coefficient (Wildman–Crippen LogP) is 3.32. The smallest absolute Gasteiger partial charge is 0.243 e. The van der Waals surface area contributed by atoms with E-state index in [1.807, 2.05) is 32.9 Å². The van der Waals surface area contributed by atoms with Crippen LogP contribution in [0.1, 0.15) is 55.7 Å². The van der Waals surface area contributed by atoms with Crippen LogP contribution in [0.3, 0.4) is 0 Å². The fourth-order valence-electron chi connectivity index (χ4n) is 3.79. The highest BCUT2D eigenvalue weighted by Gasteiger charge is 2.33. The highest BCUT2D eigenvalue weighted by molar-refractivity contribution is 7.89. The van der Waals surface area contributed by atoms with E-state index in [2.05, 4.69) is 12.2 Å². The molecule has 1 saturated heterocycles. The molecule has 0 atom stereocenters. The summed E-state index contributed by atoms with van der Waals surface area (Å²) < 4.78 is 27.7. The van der Waals surface area contributed by atoms with Crippen molar-refractivity contribution in [2.45, 2.75) is 64.7 Å². The van der Waals surface area contributed by atoms with E-state index in [0.29, 0.717) is 37.4 Å². The highest BCUT2D eigenvalue weighted by atomic mass is 32.2. The molecule has 0 aliphatic carbocycles. The number of hydrogen-bond acceptors (Lipinski definition) is 3. The third-order valence-corrected chi connectivity index (χ3v) is 7.31. The van der Waals surface area contributed by atoms with E-state index in [4.69, 9.17) is 0 Å². The molecule has 0 aromatic heterocycles. The molecule has 5 nitrogen and oxygen atoms in total. The van der Waals surface area contributed by atoms with E-state index in [1.165, 1.54) is 0 Å². The lowest BCUT2D eigenvalue weighted by Gasteiger charge is -2.31. The highest BCUT2D eigenvalue weighted by Crippen LogP contribution is 2.28. The maximum absolute atomic E-state index is 13.1. The summed E-state index contributed by atoms with van der Waals surface area (Å²) in [7, 11) is -3.51. The maximum atomic E-state index is 13.1. The molecule has 2 rings (SSSR count). The number of carbonyl (C=O) groups is 1. The lowest BCUT2D eigenvalue weighted by Crippen LogP contribution is -2.43. The number of benzene rings is 1. The normalized spacial score (nSPS) is 16.6. The Kier molecular flexibility index (Phi) is 7.24. The zero-order valence-electron chi connectivity index (χ0n) is 16.5. The monoisotopic (exact) mass is 380 g/mol. The first-order valence-electron chi connectivity index (χ1n) is 9.63. The summed E-state index contributed by atoms with van der Waals surface area (Å²) in [6.45, 7) is 9.33. The van der Waals surface area contributed by atoms with Crippen LogP contribution in [0.5, 0.6) is 0 Å². The molecule has 1 aromatic carbocycles. The summed E-state index contributed by atoms with van der Waals surface area (Å²) in [4.78, 5) is 12.7. The van der Waals surface area contributed by atoms with Gasteiger partial charge in [-0.05, 0) is 51.2 Å². The molecule has 26 heavy (non-hydrogen) atoms. The number of hydrogen-bond donors (Lipinski definition) is 1. The van der Waals surface area contributed by atoms with Gasteiger partial charge in [0.15, 0.2) is 0 Å². The number of piperidine rings is 1. The topological polar surface area (TPSA) is 66.5 Å². The number of amides is 1. The lowest BCUT2D eigenvalue weighted by molar-refractivity contribution is -0.126. The van der Waals surface area contributed by atoms with Crippen LogP contribution in [-0.2, 0) is 14.8 Å². The first kappa shape index (κ1) is 20.9. The standard InChI is InChI=1S/C20H32N2O3S/c1-5-6-7-10-21-20(23)18-8-11-22(12-9-18)26(24,25)19-16(3)13-15(2)14-17(19)4/h13-14,18H,5-12H2,1-4H3,(H,21,23). The van der Waals surface area contributed by atoms with Crippen molar-refractivity contribution < 1.29 is 13.2 Å². The molecule has 0 radical (unpaired) electrons. The van der Waals surface area contributed by atoms with Crippen molar-refractivity contribution in [3.05, 3.63) is 28.8 Å². The molecule has 1 amide bonds. The quantitative estimate of drug-likeness (QED) is 0.738. The zero-order valence-corrected chi connectivity index (χ0v) is 17.3. The molecule has 1 aromatic rings. The largest absolute Gasteiger partial charge is 0.356 e. The Morgan fingerprint density at radius 1 is 1.12 bits per heavy atom. The molecular formula is C20H32N2O3S. The van der Waals surface area contributed by atoms with Crippen LogP contribution in [0, 0.1) is 26.7 Å². The Bertz CT molecular complexity index is 712. The van der Waals surface area contributed by atoms with Crippen LogP contribution >= 0.6 is 0 Å². The van der Waals surface area contributed by atoms with Crippen molar-refractivity contribution in [3.8, 4) is 0 Å². The van der Waals surface area contributed by atoms with Gasteiger partial charge in [0.25, 0.3) is 0 Å². The van der Waals surface area contributed by atoms with Gasteiger partial charge in [0, 0.05) is 25.6 Å². The molecule has 0 saturated carbocycles. The first-order valence-corrected chi connectivity index (χ1v) is 11.1. The van der Waals surface area contributed by atoms with Crippen LogP contribution in [0.4, 0.5) is 0 Å². The Balaban J connectivity index is 2.00. The van der Waals surface area contributed by atoms with Crippen molar-refractivity contribution in [1.82, 2.24) is 9.62 Å². The molecule has 146 valence electrons. The molecule has 1 N–H and O–H groups in total. The van der Waals surface area contributed by atoms with Crippen molar-refractivity contribution in [3.63, 3.8) is 0 Å². The van der Waals surface area contributed by atoms with Gasteiger partial charge in [0.05, 0.1) is 4.90 Å². The zero-order chi connectivity index (χ0) is 19.3. The van der Waals surface area contributed by atoms with E-state index in [9.17, 15) is 13.2 Å². The summed E-state index contributed by atoms with van der Waals surface area (Å²) in [5.74, 6) is -0.0101. The average Bonchev–Trinajstić information content (AvgIpc) is 2.57. The van der Waals surface area contributed by atoms with Gasteiger partial charge in [-0.1, -0.05) is 37.5 Å². The molecular weight excluding hydrogens is 348 g/mol. The summed E-state index contributed by atoms with van der Waals surface area (Å²) in [5, 5.41) is 2.99. The Labute approximate surface area is 158 Å². The summed E-state index contributed by atoms with van der Waals surface area (Å²) in [6, 6.07) is 3.83. The second-order valence-corrected chi connectivity index (χ2v) is 9.28. The average molecular weight is 381 g/mol. The van der Waals surface area contributed by atoms with Crippen molar-refractivity contribution in [2.24, 2.45) is 5.92 Å². The van der Waals surface area contributed by atoms with E-state index >= 15 is 0 Å². The Hall–Kier alpha value is -1.40. The van der Waals surface area contributed by atoms with Gasteiger partial charge < -0.3 is 5.32 Å². The fraction of sp³-hybridized carbons (Fsp3) is 0.650. The molecule has 0 unspecified atom stereocenters. The third-order valence-electron chi connectivity index (χ3n) is 5.11. The van der Waals surface area contributed by atoms with Gasteiger partial charge in [-0.3, -0.25) is 4.79 Å². The predicted molar refractivity (Wildman–Crippen MR) is 105 cm³/mol. The van der Waals surface area contributed by atoms with Crippen LogP contribution in [0.2, 0.25) is 0 Å². The first-order chi connectivity index (χ1) is 12.3. The Morgan fingerprint density at radius 2 is 1.69 bits per heavy atom. The maximum Gasteiger partial charge on any atom is 0.243 e. The Morgan fingerprint density at radius 3 is 2.23 bits per heavy atom. The van der Waals surface area contributed by atoms with E-state index in [1.54, 1.807) is 4.31 Å². The van der Waals surface area contributed by atoms with Crippen LogP contribution in [-0.4, -0.2) is 38.3 Å². The van der Waals surface area contributed by atoms with E-state index < -0.39 is 10.0 Å². The van der Waals surface area contributed by atoms with Crippen molar-refractivity contribution >= 4 is 15.9 Å². The fourth-order valence-corrected chi connectivity index (χ4v) is 5.67. The molecule has 1 aliphatic rings. The second kappa shape index (κ2) is 9.00. The minimum atomic E-state index is -3.51. The number of nitrogens with one attached hydrogen (secondary N) is 1. The molecule has 1 fully saturated rings. The SMILES string of the molecule is CCCCCNC(=O)C1CCN(S(=O)(=O)c2c(C)cc(C)cc2C)CC1. The minimum Gasteiger partial charge on any atom is -0.356 e. The molecule has 1 aliphatic heterocycles. The molecule has 1 heterocycles. The van der Waals surface area contributed by atoms with Gasteiger partial charge in [0.2, 0.25) is 15.9 Å². The summed E-state index contributed by atoms with van der Waals surface area (Å²) in [5.41, 5.74) is 2.65. The van der Waals surface area contributed by atoms with Crippen molar-refractivity contribution in [2.75, 3.05) is 19.6 Å².